The highest BCUT2D eigenvalue weighted by molar-refractivity contribution is 6.15. The first-order chi connectivity index (χ1) is 6.66. The average Bonchev–Trinajstić information content (AvgIpc) is 2.20. The Hall–Kier alpha value is -1.06. The van der Waals surface area contributed by atoms with Gasteiger partial charge in [0.05, 0.1) is 0 Å². The van der Waals surface area contributed by atoms with Crippen LogP contribution in [0.5, 0.6) is 0 Å². The van der Waals surface area contributed by atoms with Crippen molar-refractivity contribution >= 4 is 17.7 Å². The predicted octanol–water partition coefficient (Wildman–Crippen LogP) is 1.56. The Labute approximate surface area is 88.8 Å². The number of carbonyl (C=O) groups excluding carboxylic acids is 1. The average molecular weight is 213 g/mol. The molecule has 0 radical (unpaired) electrons. The molecule has 0 saturated heterocycles. The van der Waals surface area contributed by atoms with Crippen molar-refractivity contribution in [2.75, 3.05) is 14.1 Å². The van der Waals surface area contributed by atoms with Crippen molar-refractivity contribution < 1.29 is 4.79 Å². The maximum Gasteiger partial charge on any atom is 0.244 e. The van der Waals surface area contributed by atoms with Gasteiger partial charge in [0.25, 0.3) is 0 Å². The standard InChI is InChI=1S/C10H13ClN2O/c1-13(2)10(14)9(12-11)8-6-4-3-5-7-8/h3-7,9,12H,1-2H3. The lowest BCUT2D eigenvalue weighted by Crippen LogP contribution is -2.33. The Morgan fingerprint density at radius 2 is 1.93 bits per heavy atom. The summed E-state index contributed by atoms with van der Waals surface area (Å²) in [5, 5.41) is 0. The van der Waals surface area contributed by atoms with Crippen LogP contribution in [-0.4, -0.2) is 24.9 Å². The molecule has 1 atom stereocenters. The monoisotopic (exact) mass is 212 g/mol. The van der Waals surface area contributed by atoms with Gasteiger partial charge in [-0.1, -0.05) is 30.3 Å². The third-order valence-corrected chi connectivity index (χ3v) is 2.15. The van der Waals surface area contributed by atoms with Crippen molar-refractivity contribution in [3.8, 4) is 0 Å². The van der Waals surface area contributed by atoms with Gasteiger partial charge in [-0.3, -0.25) is 4.79 Å². The highest BCUT2D eigenvalue weighted by Gasteiger charge is 2.20. The second kappa shape index (κ2) is 4.98. The van der Waals surface area contributed by atoms with Crippen LogP contribution in [0.25, 0.3) is 0 Å². The molecule has 0 aliphatic carbocycles. The second-order valence-electron chi connectivity index (χ2n) is 3.19. The summed E-state index contributed by atoms with van der Waals surface area (Å²) in [4.78, 5) is 15.6. The molecule has 1 N–H and O–H groups in total. The number of hydrogen-bond acceptors (Lipinski definition) is 2. The molecule has 1 amide bonds. The lowest BCUT2D eigenvalue weighted by atomic mass is 10.1. The number of hydrogen-bond donors (Lipinski definition) is 1. The number of nitrogens with zero attached hydrogens (tertiary/aromatic N) is 1. The number of carbonyl (C=O) groups is 1. The molecule has 0 aliphatic rings. The van der Waals surface area contributed by atoms with Crippen molar-refractivity contribution in [2.45, 2.75) is 6.04 Å². The Bertz CT molecular complexity index is 300. The second-order valence-corrected chi connectivity index (χ2v) is 3.40. The van der Waals surface area contributed by atoms with E-state index in [9.17, 15) is 4.79 Å². The zero-order chi connectivity index (χ0) is 10.6. The van der Waals surface area contributed by atoms with Crippen LogP contribution < -0.4 is 4.84 Å². The van der Waals surface area contributed by atoms with E-state index in [0.29, 0.717) is 0 Å². The fourth-order valence-corrected chi connectivity index (χ4v) is 1.38. The summed E-state index contributed by atoms with van der Waals surface area (Å²) in [5.41, 5.74) is 0.862. The van der Waals surface area contributed by atoms with Crippen LogP contribution in [-0.2, 0) is 4.79 Å². The zero-order valence-corrected chi connectivity index (χ0v) is 8.95. The van der Waals surface area contributed by atoms with Crippen LogP contribution in [0.2, 0.25) is 0 Å². The Morgan fingerprint density at radius 1 is 1.36 bits per heavy atom. The van der Waals surface area contributed by atoms with E-state index in [1.54, 1.807) is 14.1 Å². The molecule has 0 bridgehead atoms. The molecule has 3 nitrogen and oxygen atoms in total. The molecule has 1 aromatic carbocycles. The molecular weight excluding hydrogens is 200 g/mol. The van der Waals surface area contributed by atoms with Gasteiger partial charge in [0.15, 0.2) is 0 Å². The molecule has 1 rings (SSSR count). The molecule has 76 valence electrons. The number of likely N-dealkylation sites (N-methyl/N-ethyl adjacent to an activating group) is 1. The quantitative estimate of drug-likeness (QED) is 0.772. The fourth-order valence-electron chi connectivity index (χ4n) is 1.16. The van der Waals surface area contributed by atoms with E-state index in [1.807, 2.05) is 30.3 Å². The summed E-state index contributed by atoms with van der Waals surface area (Å²) in [5.74, 6) is -0.0637. The first-order valence-corrected chi connectivity index (χ1v) is 4.67. The molecule has 14 heavy (non-hydrogen) atoms. The zero-order valence-electron chi connectivity index (χ0n) is 8.20. The smallest absolute Gasteiger partial charge is 0.244 e. The van der Waals surface area contributed by atoms with Crippen LogP contribution in [0, 0.1) is 0 Å². The highest BCUT2D eigenvalue weighted by Crippen LogP contribution is 2.14. The molecule has 0 aromatic heterocycles. The van der Waals surface area contributed by atoms with E-state index < -0.39 is 6.04 Å². The first kappa shape index (κ1) is 11.0. The van der Waals surface area contributed by atoms with Crippen molar-refractivity contribution in [3.05, 3.63) is 35.9 Å². The van der Waals surface area contributed by atoms with E-state index >= 15 is 0 Å². The van der Waals surface area contributed by atoms with Crippen molar-refractivity contribution in [3.63, 3.8) is 0 Å². The van der Waals surface area contributed by atoms with Crippen LogP contribution in [0.1, 0.15) is 11.6 Å². The van der Waals surface area contributed by atoms with Gasteiger partial charge < -0.3 is 4.90 Å². The van der Waals surface area contributed by atoms with Crippen molar-refractivity contribution in [1.29, 1.82) is 0 Å². The van der Waals surface area contributed by atoms with Gasteiger partial charge in [0.2, 0.25) is 5.91 Å². The number of benzene rings is 1. The minimum atomic E-state index is -0.479. The molecule has 0 aliphatic heterocycles. The van der Waals surface area contributed by atoms with E-state index in [2.05, 4.69) is 4.84 Å². The SMILES string of the molecule is CN(C)C(=O)C(NCl)c1ccccc1. The molecule has 1 aromatic rings. The van der Waals surface area contributed by atoms with Gasteiger partial charge >= 0.3 is 0 Å². The molecule has 1 unspecified atom stereocenters. The maximum absolute atomic E-state index is 11.7. The number of rotatable bonds is 3. The van der Waals surface area contributed by atoms with Gasteiger partial charge in [-0.2, -0.15) is 0 Å². The normalized spacial score (nSPS) is 12.2. The first-order valence-electron chi connectivity index (χ1n) is 4.29. The summed E-state index contributed by atoms with van der Waals surface area (Å²) in [6, 6.07) is 8.89. The van der Waals surface area contributed by atoms with Crippen LogP contribution in [0.15, 0.2) is 30.3 Å². The van der Waals surface area contributed by atoms with Crippen molar-refractivity contribution in [2.24, 2.45) is 0 Å². The molecule has 0 saturated carbocycles. The fraction of sp³-hybridized carbons (Fsp3) is 0.300. The molecule has 0 spiro atoms. The van der Waals surface area contributed by atoms with Gasteiger partial charge in [-0.05, 0) is 17.3 Å². The van der Waals surface area contributed by atoms with Crippen LogP contribution in [0.4, 0.5) is 0 Å². The predicted molar refractivity (Wildman–Crippen MR) is 56.9 cm³/mol. The Morgan fingerprint density at radius 3 is 2.36 bits per heavy atom. The van der Waals surface area contributed by atoms with E-state index in [1.165, 1.54) is 4.90 Å². The van der Waals surface area contributed by atoms with E-state index in [4.69, 9.17) is 11.8 Å². The third-order valence-electron chi connectivity index (χ3n) is 1.93. The highest BCUT2D eigenvalue weighted by atomic mass is 35.5. The lowest BCUT2D eigenvalue weighted by molar-refractivity contribution is -0.130. The summed E-state index contributed by atoms with van der Waals surface area (Å²) < 4.78 is 0. The largest absolute Gasteiger partial charge is 0.347 e. The molecular formula is C10H13ClN2O. The van der Waals surface area contributed by atoms with Gasteiger partial charge in [-0.25, -0.2) is 4.84 Å². The number of amides is 1. The summed E-state index contributed by atoms with van der Waals surface area (Å²) in [6.07, 6.45) is 0. The topological polar surface area (TPSA) is 32.3 Å². The number of halogens is 1. The van der Waals surface area contributed by atoms with Gasteiger partial charge in [0, 0.05) is 14.1 Å². The summed E-state index contributed by atoms with van der Waals surface area (Å²) in [7, 11) is 3.40. The Kier molecular flexibility index (Phi) is 3.92. The van der Waals surface area contributed by atoms with Crippen LogP contribution >= 0.6 is 11.8 Å². The van der Waals surface area contributed by atoms with E-state index in [0.717, 1.165) is 5.56 Å². The minimum Gasteiger partial charge on any atom is -0.347 e. The van der Waals surface area contributed by atoms with Crippen molar-refractivity contribution in [1.82, 2.24) is 9.74 Å². The maximum atomic E-state index is 11.7. The molecule has 0 heterocycles. The van der Waals surface area contributed by atoms with Gasteiger partial charge in [0.1, 0.15) is 6.04 Å². The van der Waals surface area contributed by atoms with Crippen LogP contribution in [0.3, 0.4) is 0 Å². The lowest BCUT2D eigenvalue weighted by Gasteiger charge is -2.18. The molecule has 0 fully saturated rings. The van der Waals surface area contributed by atoms with Gasteiger partial charge in [-0.15, -0.1) is 0 Å². The summed E-state index contributed by atoms with van der Waals surface area (Å²) in [6.45, 7) is 0. The summed E-state index contributed by atoms with van der Waals surface area (Å²) >= 11 is 5.54. The van der Waals surface area contributed by atoms with E-state index in [-0.39, 0.29) is 5.91 Å². The Balaban J connectivity index is 2.88. The molecule has 4 heteroatoms. The third kappa shape index (κ3) is 2.47. The number of nitrogens with one attached hydrogen (secondary N) is 1. The minimum absolute atomic E-state index is 0.0637.